The molecule has 2 heteroatoms. The minimum Gasteiger partial charge on any atom is -0.412 e. The van der Waals surface area contributed by atoms with Crippen LogP contribution in [0.25, 0.3) is 0 Å². The zero-order valence-electron chi connectivity index (χ0n) is 4.61. The Morgan fingerprint density at radius 2 is 2.29 bits per heavy atom. The molecule has 1 aliphatic heterocycles. The third-order valence-electron chi connectivity index (χ3n) is 1.25. The Morgan fingerprint density at radius 1 is 1.71 bits per heavy atom. The third-order valence-corrected chi connectivity index (χ3v) is 1.25. The summed E-state index contributed by atoms with van der Waals surface area (Å²) >= 11 is 0. The maximum absolute atomic E-state index is 5.08. The van der Waals surface area contributed by atoms with Crippen LogP contribution in [0.1, 0.15) is 19.8 Å². The molecule has 0 spiro atoms. The van der Waals surface area contributed by atoms with Gasteiger partial charge in [0.2, 0.25) is 0 Å². The van der Waals surface area contributed by atoms with Crippen molar-refractivity contribution in [1.29, 1.82) is 0 Å². The van der Waals surface area contributed by atoms with Crippen molar-refractivity contribution in [3.63, 3.8) is 0 Å². The molecule has 1 unspecified atom stereocenters. The molecule has 0 aromatic heterocycles. The Hall–Kier alpha value is -0.0800. The first-order chi connectivity index (χ1) is 2.93. The molecular formula is C5H12O2. The minimum absolute atomic E-state index is 0. The summed E-state index contributed by atoms with van der Waals surface area (Å²) in [6, 6.07) is 0. The summed E-state index contributed by atoms with van der Waals surface area (Å²) in [5.74, 6) is 0. The number of hydrogen-bond donors (Lipinski definition) is 0. The minimum atomic E-state index is 0. The van der Waals surface area contributed by atoms with Gasteiger partial charge in [-0.3, -0.25) is 0 Å². The molecule has 2 N–H and O–H groups in total. The van der Waals surface area contributed by atoms with Crippen LogP contribution < -0.4 is 0 Å². The van der Waals surface area contributed by atoms with Crippen LogP contribution in [0.15, 0.2) is 0 Å². The first-order valence-corrected chi connectivity index (χ1v) is 2.55. The fraction of sp³-hybridized carbons (Fsp3) is 1.00. The summed E-state index contributed by atoms with van der Waals surface area (Å²) < 4.78 is 5.08. The first-order valence-electron chi connectivity index (χ1n) is 2.55. The molecular weight excluding hydrogens is 92.1 g/mol. The van der Waals surface area contributed by atoms with Crippen molar-refractivity contribution in [1.82, 2.24) is 0 Å². The van der Waals surface area contributed by atoms with Gasteiger partial charge in [-0.2, -0.15) is 0 Å². The van der Waals surface area contributed by atoms with Gasteiger partial charge in [0, 0.05) is 6.61 Å². The van der Waals surface area contributed by atoms with Crippen LogP contribution in [-0.2, 0) is 4.74 Å². The van der Waals surface area contributed by atoms with E-state index in [1.54, 1.807) is 0 Å². The van der Waals surface area contributed by atoms with Crippen LogP contribution in [0.5, 0.6) is 0 Å². The Labute approximate surface area is 43.8 Å². The molecule has 0 radical (unpaired) electrons. The Bertz CT molecular complexity index is 38.6. The first kappa shape index (κ1) is 6.92. The van der Waals surface area contributed by atoms with Gasteiger partial charge in [-0.1, -0.05) is 6.92 Å². The van der Waals surface area contributed by atoms with Gasteiger partial charge in [0.1, 0.15) is 0 Å². The van der Waals surface area contributed by atoms with E-state index in [2.05, 4.69) is 6.92 Å². The average Bonchev–Trinajstić information content (AvgIpc) is 1.31. The van der Waals surface area contributed by atoms with E-state index in [4.69, 9.17) is 4.74 Å². The second-order valence-electron chi connectivity index (χ2n) is 1.69. The lowest BCUT2D eigenvalue weighted by Gasteiger charge is -2.24. The quantitative estimate of drug-likeness (QED) is 0.473. The van der Waals surface area contributed by atoms with Crippen LogP contribution >= 0.6 is 0 Å². The Kier molecular flexibility index (Phi) is 2.96. The van der Waals surface area contributed by atoms with Crippen molar-refractivity contribution in [2.75, 3.05) is 6.61 Å². The van der Waals surface area contributed by atoms with Gasteiger partial charge in [-0.25, -0.2) is 0 Å². The zero-order chi connectivity index (χ0) is 4.41. The molecule has 1 saturated heterocycles. The molecule has 1 rings (SSSR count). The highest BCUT2D eigenvalue weighted by atomic mass is 16.5. The van der Waals surface area contributed by atoms with Gasteiger partial charge in [-0.05, 0) is 12.8 Å². The highest BCUT2D eigenvalue weighted by Crippen LogP contribution is 2.12. The highest BCUT2D eigenvalue weighted by Gasteiger charge is 2.13. The van der Waals surface area contributed by atoms with Gasteiger partial charge in [0.25, 0.3) is 0 Å². The number of rotatable bonds is 1. The fourth-order valence-corrected chi connectivity index (χ4v) is 0.606. The molecule has 44 valence electrons. The largest absolute Gasteiger partial charge is 0.412 e. The van der Waals surface area contributed by atoms with Crippen LogP contribution in [0.4, 0.5) is 0 Å². The maximum atomic E-state index is 5.08. The molecule has 2 nitrogen and oxygen atoms in total. The smallest absolute Gasteiger partial charge is 0.0594 e. The summed E-state index contributed by atoms with van der Waals surface area (Å²) in [5.41, 5.74) is 0. The lowest BCUT2D eigenvalue weighted by atomic mass is 10.1. The van der Waals surface area contributed by atoms with E-state index >= 15 is 0 Å². The van der Waals surface area contributed by atoms with Crippen LogP contribution in [0, 0.1) is 0 Å². The van der Waals surface area contributed by atoms with Gasteiger partial charge >= 0.3 is 0 Å². The van der Waals surface area contributed by atoms with Gasteiger partial charge < -0.3 is 10.2 Å². The van der Waals surface area contributed by atoms with E-state index in [0.717, 1.165) is 6.61 Å². The summed E-state index contributed by atoms with van der Waals surface area (Å²) in [4.78, 5) is 0. The predicted molar refractivity (Wildman–Crippen MR) is 28.3 cm³/mol. The van der Waals surface area contributed by atoms with Crippen molar-refractivity contribution >= 4 is 0 Å². The molecule has 0 aromatic rings. The molecule has 1 atom stereocenters. The molecule has 0 saturated carbocycles. The van der Waals surface area contributed by atoms with Crippen LogP contribution in [0.2, 0.25) is 0 Å². The fourth-order valence-electron chi connectivity index (χ4n) is 0.606. The van der Waals surface area contributed by atoms with E-state index < -0.39 is 0 Å². The van der Waals surface area contributed by atoms with Gasteiger partial charge in [0.15, 0.2) is 0 Å². The second kappa shape index (κ2) is 2.99. The molecule has 1 heterocycles. The van der Waals surface area contributed by atoms with E-state index in [-0.39, 0.29) is 5.48 Å². The van der Waals surface area contributed by atoms with E-state index in [0.29, 0.717) is 6.10 Å². The molecule has 0 amide bonds. The maximum Gasteiger partial charge on any atom is 0.0594 e. The third kappa shape index (κ3) is 1.45. The Morgan fingerprint density at radius 3 is 2.29 bits per heavy atom. The van der Waals surface area contributed by atoms with Crippen molar-refractivity contribution in [3.8, 4) is 0 Å². The Balaban J connectivity index is 0.000000360. The molecule has 0 aromatic carbocycles. The molecule has 1 aliphatic rings. The number of hydrogen-bond acceptors (Lipinski definition) is 1. The number of ether oxygens (including phenoxy) is 1. The normalized spacial score (nSPS) is 27.9. The standard InChI is InChI=1S/C5H10O.H2O/c1-2-5-3-4-6-5;/h5H,2-4H2,1H3;1H2. The molecule has 1 fully saturated rings. The van der Waals surface area contributed by atoms with E-state index in [1.165, 1.54) is 12.8 Å². The second-order valence-corrected chi connectivity index (χ2v) is 1.69. The predicted octanol–water partition coefficient (Wildman–Crippen LogP) is 0.361. The van der Waals surface area contributed by atoms with Gasteiger partial charge in [-0.15, -0.1) is 0 Å². The van der Waals surface area contributed by atoms with Gasteiger partial charge in [0.05, 0.1) is 6.10 Å². The summed E-state index contributed by atoms with van der Waals surface area (Å²) in [5, 5.41) is 0. The zero-order valence-corrected chi connectivity index (χ0v) is 4.61. The summed E-state index contributed by atoms with van der Waals surface area (Å²) in [6.45, 7) is 3.16. The topological polar surface area (TPSA) is 40.7 Å². The SMILES string of the molecule is CCC1CCO1.O. The van der Waals surface area contributed by atoms with E-state index in [1.807, 2.05) is 0 Å². The summed E-state index contributed by atoms with van der Waals surface area (Å²) in [6.07, 6.45) is 3.10. The lowest BCUT2D eigenvalue weighted by Crippen LogP contribution is -2.25. The highest BCUT2D eigenvalue weighted by molar-refractivity contribution is 4.62. The molecule has 7 heavy (non-hydrogen) atoms. The molecule has 0 bridgehead atoms. The average molecular weight is 104 g/mol. The van der Waals surface area contributed by atoms with Crippen LogP contribution in [-0.4, -0.2) is 18.2 Å². The molecule has 0 aliphatic carbocycles. The van der Waals surface area contributed by atoms with Crippen molar-refractivity contribution in [3.05, 3.63) is 0 Å². The van der Waals surface area contributed by atoms with Crippen molar-refractivity contribution in [2.24, 2.45) is 0 Å². The summed E-state index contributed by atoms with van der Waals surface area (Å²) in [7, 11) is 0. The van der Waals surface area contributed by atoms with E-state index in [9.17, 15) is 0 Å². The van der Waals surface area contributed by atoms with Crippen molar-refractivity contribution in [2.45, 2.75) is 25.9 Å². The van der Waals surface area contributed by atoms with Crippen LogP contribution in [0.3, 0.4) is 0 Å². The lowest BCUT2D eigenvalue weighted by molar-refractivity contribution is -0.0516. The monoisotopic (exact) mass is 104 g/mol. The van der Waals surface area contributed by atoms with Crippen molar-refractivity contribution < 1.29 is 10.2 Å².